The summed E-state index contributed by atoms with van der Waals surface area (Å²) >= 11 is 1.15. The topological polar surface area (TPSA) is 112 Å². The zero-order valence-corrected chi connectivity index (χ0v) is 19.3. The normalized spacial score (nSPS) is 19.4. The molecule has 2 N–H and O–H groups in total. The number of aliphatic imine (C=N–C) groups is 2. The van der Waals surface area contributed by atoms with Gasteiger partial charge in [-0.2, -0.15) is 4.99 Å². The van der Waals surface area contributed by atoms with Crippen LogP contribution >= 0.6 is 11.8 Å². The fourth-order valence-corrected chi connectivity index (χ4v) is 5.17. The first-order chi connectivity index (χ1) is 16.5. The summed E-state index contributed by atoms with van der Waals surface area (Å²) in [5.41, 5.74) is 7.87. The molecule has 2 aromatic rings. The predicted molar refractivity (Wildman–Crippen MR) is 132 cm³/mol. The Bertz CT molecular complexity index is 1190. The van der Waals surface area contributed by atoms with Gasteiger partial charge in [0.05, 0.1) is 17.9 Å². The number of carbonyl (C=O) groups is 3. The second kappa shape index (κ2) is 9.30. The number of amidine groups is 2. The lowest BCUT2D eigenvalue weighted by Gasteiger charge is -2.37. The van der Waals surface area contributed by atoms with Crippen LogP contribution in [0.3, 0.4) is 0 Å². The molecule has 5 rings (SSSR count). The van der Waals surface area contributed by atoms with Gasteiger partial charge in [-0.05, 0) is 24.3 Å². The molecule has 0 radical (unpaired) electrons. The largest absolute Gasteiger partial charge is 0.369 e. The molecule has 1 atom stereocenters. The maximum Gasteiger partial charge on any atom is 0.271 e. The molecule has 0 spiro atoms. The van der Waals surface area contributed by atoms with Crippen molar-refractivity contribution < 1.29 is 14.4 Å². The summed E-state index contributed by atoms with van der Waals surface area (Å²) < 4.78 is 0. The third kappa shape index (κ3) is 4.28. The number of piperazine rings is 1. The van der Waals surface area contributed by atoms with Crippen LogP contribution in [-0.4, -0.2) is 76.5 Å². The summed E-state index contributed by atoms with van der Waals surface area (Å²) in [6.45, 7) is 2.63. The van der Waals surface area contributed by atoms with E-state index in [-0.39, 0.29) is 24.0 Å². The standard InChI is InChI=1S/C24H24N6O3S/c25-20(31)15-34-24-26-18-9-5-4-8-17(18)22-27-23(33)19(30(22)24)14-21(32)29-12-10-28(11-13-29)16-6-2-1-3-7-16/h1-9,19H,10-15H2,(H2,25,31). The Morgan fingerprint density at radius 1 is 0.971 bits per heavy atom. The number of anilines is 1. The molecule has 9 nitrogen and oxygen atoms in total. The number of benzene rings is 2. The predicted octanol–water partition coefficient (Wildman–Crippen LogP) is 1.60. The third-order valence-corrected chi connectivity index (χ3v) is 7.05. The van der Waals surface area contributed by atoms with E-state index in [9.17, 15) is 14.4 Å². The van der Waals surface area contributed by atoms with Crippen LogP contribution in [0.25, 0.3) is 0 Å². The summed E-state index contributed by atoms with van der Waals surface area (Å²) in [7, 11) is 0. The molecule has 1 fully saturated rings. The highest BCUT2D eigenvalue weighted by Gasteiger charge is 2.43. The summed E-state index contributed by atoms with van der Waals surface area (Å²) in [5, 5.41) is 0.453. The average Bonchev–Trinajstić information content (AvgIpc) is 3.19. The van der Waals surface area contributed by atoms with E-state index in [0.717, 1.165) is 36.1 Å². The Kier molecular flexibility index (Phi) is 6.06. The third-order valence-electron chi connectivity index (χ3n) is 6.07. The van der Waals surface area contributed by atoms with Gasteiger partial charge in [-0.1, -0.05) is 42.1 Å². The highest BCUT2D eigenvalue weighted by atomic mass is 32.2. The highest BCUT2D eigenvalue weighted by molar-refractivity contribution is 8.14. The van der Waals surface area contributed by atoms with Crippen molar-refractivity contribution >= 4 is 51.9 Å². The first-order valence-corrected chi connectivity index (χ1v) is 12.1. The van der Waals surface area contributed by atoms with Crippen molar-refractivity contribution in [2.24, 2.45) is 15.7 Å². The number of nitrogens with two attached hydrogens (primary N) is 1. The number of thioether (sulfide) groups is 1. The van der Waals surface area contributed by atoms with Crippen molar-refractivity contribution in [2.75, 3.05) is 36.8 Å². The molecule has 0 aromatic heterocycles. The van der Waals surface area contributed by atoms with Crippen LogP contribution < -0.4 is 10.6 Å². The zero-order chi connectivity index (χ0) is 23.7. The Hall–Kier alpha value is -3.66. The number of carbonyl (C=O) groups excluding carboxylic acids is 3. The smallest absolute Gasteiger partial charge is 0.271 e. The van der Waals surface area contributed by atoms with Gasteiger partial charge in [-0.3, -0.25) is 19.3 Å². The maximum atomic E-state index is 13.2. The number of primary amides is 1. The molecule has 0 saturated carbocycles. The summed E-state index contributed by atoms with van der Waals surface area (Å²) in [4.78, 5) is 52.2. The number of rotatable bonds is 5. The van der Waals surface area contributed by atoms with Crippen molar-refractivity contribution in [3.05, 3.63) is 60.2 Å². The van der Waals surface area contributed by atoms with Crippen LogP contribution in [0.5, 0.6) is 0 Å². The minimum Gasteiger partial charge on any atom is -0.369 e. The zero-order valence-electron chi connectivity index (χ0n) is 18.5. The number of amides is 3. The summed E-state index contributed by atoms with van der Waals surface area (Å²) in [6.07, 6.45) is -0.00448. The second-order valence-corrected chi connectivity index (χ2v) is 9.18. The van der Waals surface area contributed by atoms with Crippen molar-refractivity contribution in [3.8, 4) is 0 Å². The fraction of sp³-hybridized carbons (Fsp3) is 0.292. The average molecular weight is 477 g/mol. The maximum absolute atomic E-state index is 13.2. The lowest BCUT2D eigenvalue weighted by molar-refractivity contribution is -0.134. The van der Waals surface area contributed by atoms with Crippen LogP contribution in [-0.2, 0) is 14.4 Å². The molecule has 0 bridgehead atoms. The highest BCUT2D eigenvalue weighted by Crippen LogP contribution is 2.35. The number of para-hydroxylation sites is 2. The van der Waals surface area contributed by atoms with E-state index in [1.807, 2.05) is 42.5 Å². The molecule has 174 valence electrons. The van der Waals surface area contributed by atoms with Gasteiger partial charge in [-0.15, -0.1) is 0 Å². The van der Waals surface area contributed by atoms with Crippen LogP contribution in [0.15, 0.2) is 64.6 Å². The van der Waals surface area contributed by atoms with Gasteiger partial charge in [0.1, 0.15) is 11.9 Å². The molecular formula is C24H24N6O3S. The van der Waals surface area contributed by atoms with E-state index in [0.29, 0.717) is 29.8 Å². The van der Waals surface area contributed by atoms with Crippen molar-refractivity contribution in [1.29, 1.82) is 0 Å². The van der Waals surface area contributed by atoms with Crippen molar-refractivity contribution in [1.82, 2.24) is 9.80 Å². The molecule has 3 aliphatic rings. The molecule has 1 unspecified atom stereocenters. The minimum atomic E-state index is -0.790. The van der Waals surface area contributed by atoms with Crippen molar-refractivity contribution in [2.45, 2.75) is 12.5 Å². The van der Waals surface area contributed by atoms with Crippen LogP contribution in [0.2, 0.25) is 0 Å². The number of hydrogen-bond acceptors (Lipinski definition) is 7. The minimum absolute atomic E-state index is 0.00448. The first kappa shape index (κ1) is 22.1. The van der Waals surface area contributed by atoms with Gasteiger partial charge in [-0.25, -0.2) is 4.99 Å². The van der Waals surface area contributed by atoms with Crippen LogP contribution in [0, 0.1) is 0 Å². The quantitative estimate of drug-likeness (QED) is 0.702. The van der Waals surface area contributed by atoms with Gasteiger partial charge >= 0.3 is 0 Å². The van der Waals surface area contributed by atoms with E-state index in [2.05, 4.69) is 27.0 Å². The van der Waals surface area contributed by atoms with E-state index < -0.39 is 11.9 Å². The Labute approximate surface area is 201 Å². The van der Waals surface area contributed by atoms with Gasteiger partial charge in [0, 0.05) is 37.4 Å². The van der Waals surface area contributed by atoms with Gasteiger partial charge in [0.25, 0.3) is 5.91 Å². The van der Waals surface area contributed by atoms with E-state index in [1.54, 1.807) is 9.80 Å². The van der Waals surface area contributed by atoms with E-state index in [4.69, 9.17) is 5.73 Å². The van der Waals surface area contributed by atoms with Gasteiger partial charge in [0.2, 0.25) is 11.8 Å². The molecule has 1 saturated heterocycles. The molecule has 3 amide bonds. The molecule has 2 aromatic carbocycles. The number of nitrogens with zero attached hydrogens (tertiary/aromatic N) is 5. The molecule has 3 heterocycles. The SMILES string of the molecule is NC(=O)CSC1=Nc2ccccc2C2=NC(=O)C(CC(=O)N3CCN(c4ccccc4)CC3)N12. The van der Waals surface area contributed by atoms with E-state index in [1.165, 1.54) is 0 Å². The molecule has 10 heteroatoms. The Morgan fingerprint density at radius 2 is 1.68 bits per heavy atom. The van der Waals surface area contributed by atoms with Crippen molar-refractivity contribution in [3.63, 3.8) is 0 Å². The lowest BCUT2D eigenvalue weighted by Crippen LogP contribution is -2.51. The fourth-order valence-electron chi connectivity index (χ4n) is 4.39. The number of fused-ring (bicyclic) bond motifs is 3. The summed E-state index contributed by atoms with van der Waals surface area (Å²) in [5.74, 6) is -0.481. The first-order valence-electron chi connectivity index (χ1n) is 11.1. The molecular weight excluding hydrogens is 452 g/mol. The summed E-state index contributed by atoms with van der Waals surface area (Å²) in [6, 6.07) is 16.7. The molecule has 0 aliphatic carbocycles. The second-order valence-electron chi connectivity index (χ2n) is 8.23. The molecule has 34 heavy (non-hydrogen) atoms. The van der Waals surface area contributed by atoms with Crippen LogP contribution in [0.1, 0.15) is 12.0 Å². The Morgan fingerprint density at radius 3 is 2.41 bits per heavy atom. The monoisotopic (exact) mass is 476 g/mol. The van der Waals surface area contributed by atoms with E-state index >= 15 is 0 Å². The van der Waals surface area contributed by atoms with Gasteiger partial charge in [0.15, 0.2) is 5.17 Å². The molecule has 3 aliphatic heterocycles. The van der Waals surface area contributed by atoms with Gasteiger partial charge < -0.3 is 15.5 Å². The lowest BCUT2D eigenvalue weighted by atomic mass is 10.1. The van der Waals surface area contributed by atoms with Crippen LogP contribution in [0.4, 0.5) is 11.4 Å². The number of hydrogen-bond donors (Lipinski definition) is 1. The Balaban J connectivity index is 1.31.